The molecule has 534 valence electrons. The zero-order chi connectivity index (χ0) is 66.5. The number of rotatable bonds is 70. The van der Waals surface area contributed by atoms with E-state index >= 15 is 0 Å². The molecule has 0 amide bonds. The van der Waals surface area contributed by atoms with Gasteiger partial charge in [-0.2, -0.15) is 0 Å². The Labute approximate surface area is 549 Å². The van der Waals surface area contributed by atoms with Crippen molar-refractivity contribution in [2.45, 2.75) is 381 Å². The minimum atomic E-state index is -4.95. The molecule has 0 aromatic heterocycles. The Morgan fingerprint density at radius 3 is 0.844 bits per heavy atom. The van der Waals surface area contributed by atoms with E-state index in [4.69, 9.17) is 37.0 Å². The van der Waals surface area contributed by atoms with Crippen LogP contribution in [0, 0.1) is 11.8 Å². The van der Waals surface area contributed by atoms with Crippen LogP contribution >= 0.6 is 15.6 Å². The van der Waals surface area contributed by atoms with E-state index in [-0.39, 0.29) is 25.7 Å². The topological polar surface area (TPSA) is 237 Å². The number of hydrogen-bond acceptors (Lipinski definition) is 15. The van der Waals surface area contributed by atoms with Gasteiger partial charge in [0.25, 0.3) is 0 Å². The third-order valence-corrected chi connectivity index (χ3v) is 18.7. The van der Waals surface area contributed by atoms with Crippen molar-refractivity contribution in [3.63, 3.8) is 0 Å². The van der Waals surface area contributed by atoms with E-state index in [0.29, 0.717) is 25.7 Å². The van der Waals surface area contributed by atoms with Crippen LogP contribution in [0.1, 0.15) is 363 Å². The van der Waals surface area contributed by atoms with E-state index in [1.54, 1.807) is 0 Å². The van der Waals surface area contributed by atoms with Crippen LogP contribution in [0.3, 0.4) is 0 Å². The normalized spacial score (nSPS) is 14.4. The van der Waals surface area contributed by atoms with Gasteiger partial charge in [-0.1, -0.05) is 311 Å². The summed E-state index contributed by atoms with van der Waals surface area (Å²) < 4.78 is 68.1. The van der Waals surface area contributed by atoms with Crippen LogP contribution in [-0.4, -0.2) is 96.7 Å². The molecule has 19 heteroatoms. The lowest BCUT2D eigenvalue weighted by molar-refractivity contribution is -0.161. The number of phosphoric ester groups is 2. The standard InChI is InChI=1S/C71H138O17P2/c1-7-10-12-14-15-16-17-20-26-32-37-43-49-55-70(75)87-66(59-81-68(73)53-47-39-13-11-8-2)61-85-89(77,78)83-57-65(72)58-84-90(79,80)86-62-67(60-82-69(74)54-48-42-36-31-28-23-24-29-34-40-45-51-63(4)5)88-71(76)56-50-44-38-33-27-22-19-18-21-25-30-35-41-46-52-64(6)9-3/h63-67,72H,7-62H2,1-6H3,(H,77,78)(H,79,80)/t64?,65-,66+,67+/m0/s1. The zero-order valence-electron chi connectivity index (χ0n) is 58.4. The first-order chi connectivity index (χ1) is 43.4. The van der Waals surface area contributed by atoms with Gasteiger partial charge in [-0.25, -0.2) is 9.13 Å². The summed E-state index contributed by atoms with van der Waals surface area (Å²) in [5.41, 5.74) is 0. The van der Waals surface area contributed by atoms with Gasteiger partial charge in [0, 0.05) is 25.7 Å². The molecule has 0 fully saturated rings. The van der Waals surface area contributed by atoms with E-state index in [0.717, 1.165) is 108 Å². The first kappa shape index (κ1) is 88.1. The molecule has 0 saturated heterocycles. The summed E-state index contributed by atoms with van der Waals surface area (Å²) in [5, 5.41) is 10.6. The molecule has 0 saturated carbocycles. The predicted molar refractivity (Wildman–Crippen MR) is 363 cm³/mol. The summed E-state index contributed by atoms with van der Waals surface area (Å²) in [6, 6.07) is 0. The maximum atomic E-state index is 13.0. The molecule has 0 aliphatic carbocycles. The number of unbranched alkanes of at least 4 members (excludes halogenated alkanes) is 39. The van der Waals surface area contributed by atoms with E-state index < -0.39 is 97.5 Å². The van der Waals surface area contributed by atoms with Gasteiger partial charge in [-0.15, -0.1) is 0 Å². The van der Waals surface area contributed by atoms with E-state index in [9.17, 15) is 43.2 Å². The number of ether oxygens (including phenoxy) is 4. The average Bonchev–Trinajstić information content (AvgIpc) is 3.63. The molecule has 0 aliphatic heterocycles. The number of carbonyl (C=O) groups is 4. The maximum Gasteiger partial charge on any atom is 0.472 e. The Bertz CT molecular complexity index is 1750. The number of esters is 4. The van der Waals surface area contributed by atoms with E-state index in [2.05, 4.69) is 41.5 Å². The van der Waals surface area contributed by atoms with Crippen LogP contribution < -0.4 is 0 Å². The molecule has 17 nitrogen and oxygen atoms in total. The highest BCUT2D eigenvalue weighted by Crippen LogP contribution is 2.45. The first-order valence-corrected chi connectivity index (χ1v) is 40.0. The average molecular weight is 1330 g/mol. The highest BCUT2D eigenvalue weighted by atomic mass is 31.2. The second kappa shape index (κ2) is 63.1. The number of aliphatic hydroxyl groups excluding tert-OH is 1. The Balaban J connectivity index is 5.16. The monoisotopic (exact) mass is 1320 g/mol. The molecule has 0 rings (SSSR count). The SMILES string of the molecule is CCCCCCCCCCCCCCCC(=O)O[C@H](COC(=O)CCCCCCC)COP(=O)(O)OC[C@H](O)COP(=O)(O)OC[C@@H](COC(=O)CCCCCCCCCCCCCC(C)C)OC(=O)CCCCCCCCCCCCCCCCC(C)CC. The Kier molecular flexibility index (Phi) is 61.8. The van der Waals surface area contributed by atoms with Crippen LogP contribution in [-0.2, 0) is 65.4 Å². The fourth-order valence-electron chi connectivity index (χ4n) is 10.7. The summed E-state index contributed by atoms with van der Waals surface area (Å²) in [6.45, 7) is 9.53. The molecular formula is C71H138O17P2. The fraction of sp³-hybridized carbons (Fsp3) is 0.944. The molecule has 0 aromatic carbocycles. The van der Waals surface area contributed by atoms with Gasteiger partial charge >= 0.3 is 39.5 Å². The fourth-order valence-corrected chi connectivity index (χ4v) is 12.3. The van der Waals surface area contributed by atoms with E-state index in [1.807, 2.05) is 0 Å². The molecule has 6 atom stereocenters. The molecule has 3 N–H and O–H groups in total. The number of hydrogen-bond donors (Lipinski definition) is 3. The second-order valence-electron chi connectivity index (χ2n) is 26.3. The lowest BCUT2D eigenvalue weighted by Crippen LogP contribution is -2.30. The third kappa shape index (κ3) is 63.5. The lowest BCUT2D eigenvalue weighted by atomic mass is 9.99. The summed E-state index contributed by atoms with van der Waals surface area (Å²) in [7, 11) is -9.89. The second-order valence-corrected chi connectivity index (χ2v) is 29.3. The molecule has 0 aromatic rings. The largest absolute Gasteiger partial charge is 0.472 e. The van der Waals surface area contributed by atoms with Crippen molar-refractivity contribution in [2.75, 3.05) is 39.6 Å². The van der Waals surface area contributed by atoms with Crippen LogP contribution in [0.2, 0.25) is 0 Å². The summed E-state index contributed by atoms with van der Waals surface area (Å²) >= 11 is 0. The predicted octanol–water partition coefficient (Wildman–Crippen LogP) is 20.4. The number of aliphatic hydroxyl groups is 1. The highest BCUT2D eigenvalue weighted by molar-refractivity contribution is 7.47. The molecule has 3 unspecified atom stereocenters. The molecule has 0 bridgehead atoms. The van der Waals surface area contributed by atoms with Gasteiger partial charge in [0.1, 0.15) is 19.3 Å². The third-order valence-electron chi connectivity index (χ3n) is 16.8. The minimum Gasteiger partial charge on any atom is -0.462 e. The lowest BCUT2D eigenvalue weighted by Gasteiger charge is -2.21. The van der Waals surface area contributed by atoms with Gasteiger partial charge in [-0.05, 0) is 37.5 Å². The van der Waals surface area contributed by atoms with Crippen molar-refractivity contribution in [2.24, 2.45) is 11.8 Å². The number of carbonyl (C=O) groups excluding carboxylic acids is 4. The van der Waals surface area contributed by atoms with Gasteiger partial charge in [-0.3, -0.25) is 37.3 Å². The van der Waals surface area contributed by atoms with Crippen molar-refractivity contribution >= 4 is 39.5 Å². The molecule has 0 spiro atoms. The smallest absolute Gasteiger partial charge is 0.462 e. The summed E-state index contributed by atoms with van der Waals surface area (Å²) in [6.07, 6.45) is 48.8. The molecule has 0 radical (unpaired) electrons. The van der Waals surface area contributed by atoms with Crippen LogP contribution in [0.25, 0.3) is 0 Å². The van der Waals surface area contributed by atoms with Gasteiger partial charge < -0.3 is 33.8 Å². The van der Waals surface area contributed by atoms with Crippen LogP contribution in [0.5, 0.6) is 0 Å². The van der Waals surface area contributed by atoms with Gasteiger partial charge in [0.15, 0.2) is 12.2 Å². The Morgan fingerprint density at radius 1 is 0.322 bits per heavy atom. The minimum absolute atomic E-state index is 0.107. The molecule has 0 aliphatic rings. The zero-order valence-corrected chi connectivity index (χ0v) is 60.2. The van der Waals surface area contributed by atoms with Crippen molar-refractivity contribution in [1.29, 1.82) is 0 Å². The van der Waals surface area contributed by atoms with Crippen LogP contribution in [0.4, 0.5) is 0 Å². The van der Waals surface area contributed by atoms with Gasteiger partial charge in [0.05, 0.1) is 26.4 Å². The van der Waals surface area contributed by atoms with Crippen molar-refractivity contribution in [3.8, 4) is 0 Å². The van der Waals surface area contributed by atoms with Crippen molar-refractivity contribution in [3.05, 3.63) is 0 Å². The van der Waals surface area contributed by atoms with Crippen molar-refractivity contribution in [1.82, 2.24) is 0 Å². The Hall–Kier alpha value is -1.94. The van der Waals surface area contributed by atoms with Gasteiger partial charge in [0.2, 0.25) is 0 Å². The molecule has 0 heterocycles. The first-order valence-electron chi connectivity index (χ1n) is 37.0. The summed E-state index contributed by atoms with van der Waals surface area (Å²) in [4.78, 5) is 72.3. The quantitative estimate of drug-likeness (QED) is 0.0222. The maximum absolute atomic E-state index is 13.0. The molecular weight excluding hydrogens is 1190 g/mol. The van der Waals surface area contributed by atoms with E-state index in [1.165, 1.54) is 173 Å². The molecule has 90 heavy (non-hydrogen) atoms. The summed E-state index contributed by atoms with van der Waals surface area (Å²) in [5.74, 6) is -0.515. The highest BCUT2D eigenvalue weighted by Gasteiger charge is 2.30. The number of phosphoric acid groups is 2. The van der Waals surface area contributed by atoms with Crippen LogP contribution in [0.15, 0.2) is 0 Å². The Morgan fingerprint density at radius 2 is 0.567 bits per heavy atom. The van der Waals surface area contributed by atoms with Crippen molar-refractivity contribution < 1.29 is 80.2 Å².